The fourth-order valence-corrected chi connectivity index (χ4v) is 13.8. The van der Waals surface area contributed by atoms with Gasteiger partial charge in [-0.1, -0.05) is 165 Å². The maximum atomic E-state index is 7.09. The molecule has 1 N–H and O–H groups in total. The normalized spacial score (nSPS) is 15.8. The van der Waals surface area contributed by atoms with Crippen LogP contribution in [0.1, 0.15) is 103 Å². The van der Waals surface area contributed by atoms with E-state index in [4.69, 9.17) is 9.40 Å². The maximum absolute atomic E-state index is 7.09. The minimum absolute atomic E-state index is 0.0419. The molecule has 76 heavy (non-hydrogen) atoms. The molecular formula is C70H61BN4O. The highest BCUT2D eigenvalue weighted by Crippen LogP contribution is 2.53. The van der Waals surface area contributed by atoms with Gasteiger partial charge in [0.15, 0.2) is 7.28 Å². The lowest BCUT2D eigenvalue weighted by Gasteiger charge is -2.41. The molecule has 5 nitrogen and oxygen atoms in total. The number of benzene rings is 9. The van der Waals surface area contributed by atoms with Gasteiger partial charge in [0, 0.05) is 66.4 Å². The summed E-state index contributed by atoms with van der Waals surface area (Å²) in [6, 6.07) is 63.6. The summed E-state index contributed by atoms with van der Waals surface area (Å²) in [4.78, 5) is 5.51. The molecular weight excluding hydrogens is 924 g/mol. The monoisotopic (exact) mass is 984 g/mol. The maximum Gasteiger partial charge on any atom is 0.198 e. The SMILES string of the molecule is CC(C)(C)c1ccc(Nc2cc3c(cc2-c2ccc4c5cc6c(cc5n5c4c2Bc2cc4nc(-c7ccccc7)n(-c7ccccc7)c4cc2-5)-c2ccccc2C6(C)C)oc2cc4c(cc23)C(C)(C)CCC4(C)C)cc1. The molecule has 0 saturated heterocycles. The summed E-state index contributed by atoms with van der Waals surface area (Å²) >= 11 is 0. The van der Waals surface area contributed by atoms with E-state index in [-0.39, 0.29) is 21.7 Å². The van der Waals surface area contributed by atoms with Crippen molar-refractivity contribution in [1.29, 1.82) is 0 Å². The Morgan fingerprint density at radius 3 is 1.96 bits per heavy atom. The minimum atomic E-state index is -0.143. The van der Waals surface area contributed by atoms with Gasteiger partial charge in [0.1, 0.15) is 17.0 Å². The van der Waals surface area contributed by atoms with E-state index in [0.717, 1.165) is 81.7 Å². The molecule has 0 unspecified atom stereocenters. The van der Waals surface area contributed by atoms with Gasteiger partial charge in [-0.05, 0) is 152 Å². The van der Waals surface area contributed by atoms with Crippen LogP contribution in [0.15, 0.2) is 174 Å². The molecule has 3 aliphatic rings. The molecule has 9 aromatic carbocycles. The van der Waals surface area contributed by atoms with Crippen LogP contribution in [0.5, 0.6) is 0 Å². The third-order valence-electron chi connectivity index (χ3n) is 18.1. The van der Waals surface area contributed by atoms with Crippen molar-refractivity contribution in [2.75, 3.05) is 5.32 Å². The molecule has 0 spiro atoms. The van der Waals surface area contributed by atoms with E-state index in [0.29, 0.717) is 0 Å². The summed E-state index contributed by atoms with van der Waals surface area (Å²) in [5.41, 5.74) is 26.3. The zero-order chi connectivity index (χ0) is 51.8. The fourth-order valence-electron chi connectivity index (χ4n) is 13.8. The number of nitrogens with one attached hydrogen (secondary N) is 1. The van der Waals surface area contributed by atoms with Crippen molar-refractivity contribution in [3.8, 4) is 45.0 Å². The number of aromatic nitrogens is 3. The zero-order valence-corrected chi connectivity index (χ0v) is 45.0. The molecule has 3 aromatic heterocycles. The topological polar surface area (TPSA) is 47.9 Å². The molecule has 15 rings (SSSR count). The first kappa shape index (κ1) is 45.3. The second-order valence-electron chi connectivity index (χ2n) is 25.1. The average molecular weight is 985 g/mol. The quantitative estimate of drug-likeness (QED) is 0.175. The Balaban J connectivity index is 1.02. The molecule has 6 heteroatoms. The van der Waals surface area contributed by atoms with E-state index in [9.17, 15) is 0 Å². The molecule has 0 bridgehead atoms. The Bertz CT molecular complexity index is 4450. The van der Waals surface area contributed by atoms with Crippen molar-refractivity contribution in [3.63, 3.8) is 0 Å². The second-order valence-corrected chi connectivity index (χ2v) is 25.1. The molecule has 0 saturated carbocycles. The smallest absolute Gasteiger partial charge is 0.198 e. The predicted octanol–water partition coefficient (Wildman–Crippen LogP) is 16.8. The summed E-state index contributed by atoms with van der Waals surface area (Å²) in [5, 5.41) is 8.87. The van der Waals surface area contributed by atoms with Gasteiger partial charge in [-0.2, -0.15) is 0 Å². The van der Waals surface area contributed by atoms with E-state index in [1.807, 2.05) is 0 Å². The van der Waals surface area contributed by atoms with Crippen LogP contribution in [0, 0.1) is 0 Å². The molecule has 1 aliphatic heterocycles. The van der Waals surface area contributed by atoms with Crippen LogP contribution in [0.25, 0.3) is 99.8 Å². The molecule has 2 aliphatic carbocycles. The molecule has 4 heterocycles. The van der Waals surface area contributed by atoms with Gasteiger partial charge in [0.2, 0.25) is 0 Å². The van der Waals surface area contributed by atoms with E-state index in [1.54, 1.807) is 0 Å². The number of para-hydroxylation sites is 1. The van der Waals surface area contributed by atoms with E-state index in [1.165, 1.54) is 88.3 Å². The first-order chi connectivity index (χ1) is 36.5. The van der Waals surface area contributed by atoms with Crippen molar-refractivity contribution < 1.29 is 4.42 Å². The van der Waals surface area contributed by atoms with E-state index in [2.05, 4.69) is 247 Å². The average Bonchev–Trinajstić information content (AvgIpc) is 4.21. The van der Waals surface area contributed by atoms with E-state index >= 15 is 0 Å². The highest BCUT2D eigenvalue weighted by molar-refractivity contribution is 6.73. The lowest BCUT2D eigenvalue weighted by molar-refractivity contribution is 0.332. The van der Waals surface area contributed by atoms with Gasteiger partial charge in [0.05, 0.1) is 16.6 Å². The summed E-state index contributed by atoms with van der Waals surface area (Å²) < 4.78 is 12.0. The first-order valence-electron chi connectivity index (χ1n) is 27.4. The van der Waals surface area contributed by atoms with Crippen LogP contribution in [0.3, 0.4) is 0 Å². The third kappa shape index (κ3) is 6.49. The largest absolute Gasteiger partial charge is 0.456 e. The molecule has 0 atom stereocenters. The highest BCUT2D eigenvalue weighted by atomic mass is 16.3. The van der Waals surface area contributed by atoms with Crippen molar-refractivity contribution >= 4 is 84.4 Å². The Hall–Kier alpha value is -8.09. The molecule has 370 valence electrons. The third-order valence-corrected chi connectivity index (χ3v) is 18.1. The fraction of sp³-hybridized carbons (Fsp3) is 0.214. The van der Waals surface area contributed by atoms with Crippen LogP contribution in [-0.2, 0) is 21.7 Å². The summed E-state index contributed by atoms with van der Waals surface area (Å²) in [7, 11) is 0.732. The predicted molar refractivity (Wildman–Crippen MR) is 321 cm³/mol. The lowest BCUT2D eigenvalue weighted by Crippen LogP contribution is -2.37. The van der Waals surface area contributed by atoms with Crippen molar-refractivity contribution in [2.45, 2.75) is 96.8 Å². The van der Waals surface area contributed by atoms with Gasteiger partial charge in [-0.15, -0.1) is 0 Å². The van der Waals surface area contributed by atoms with Crippen LogP contribution in [0.4, 0.5) is 11.4 Å². The van der Waals surface area contributed by atoms with Crippen LogP contribution < -0.4 is 16.2 Å². The van der Waals surface area contributed by atoms with Gasteiger partial charge >= 0.3 is 0 Å². The zero-order valence-electron chi connectivity index (χ0n) is 45.0. The number of nitrogens with zero attached hydrogens (tertiary/aromatic N) is 3. The van der Waals surface area contributed by atoms with Gasteiger partial charge in [-0.25, -0.2) is 4.98 Å². The Morgan fingerprint density at radius 1 is 0.539 bits per heavy atom. The number of rotatable bonds is 5. The van der Waals surface area contributed by atoms with Crippen molar-refractivity contribution in [3.05, 3.63) is 198 Å². The summed E-state index contributed by atoms with van der Waals surface area (Å²) in [5.74, 6) is 0.930. The summed E-state index contributed by atoms with van der Waals surface area (Å²) in [6.45, 7) is 21.2. The number of imidazole rings is 1. The minimum Gasteiger partial charge on any atom is -0.456 e. The Labute approximate surface area is 445 Å². The van der Waals surface area contributed by atoms with Gasteiger partial charge in [-0.3, -0.25) is 4.57 Å². The van der Waals surface area contributed by atoms with Crippen LogP contribution in [-0.4, -0.2) is 21.4 Å². The number of fused-ring (bicyclic) bond motifs is 13. The van der Waals surface area contributed by atoms with Crippen molar-refractivity contribution in [2.24, 2.45) is 0 Å². The number of furan rings is 1. The number of anilines is 2. The van der Waals surface area contributed by atoms with Crippen LogP contribution >= 0.6 is 0 Å². The second kappa shape index (κ2) is 15.5. The Morgan fingerprint density at radius 2 is 1.21 bits per heavy atom. The summed E-state index contributed by atoms with van der Waals surface area (Å²) in [6.07, 6.45) is 2.31. The van der Waals surface area contributed by atoms with E-state index < -0.39 is 0 Å². The highest BCUT2D eigenvalue weighted by Gasteiger charge is 2.39. The molecule has 0 fully saturated rings. The first-order valence-corrected chi connectivity index (χ1v) is 27.4. The van der Waals surface area contributed by atoms with Crippen molar-refractivity contribution in [1.82, 2.24) is 14.1 Å². The molecule has 0 amide bonds. The van der Waals surface area contributed by atoms with Gasteiger partial charge in [0.25, 0.3) is 0 Å². The Kier molecular flexibility index (Phi) is 9.25. The number of hydrogen-bond donors (Lipinski definition) is 1. The standard InChI is InChI=1S/C70H61BN4O/c1-67(2,3)41-24-26-42(27-25-41)72-57-34-51-50-33-54-55(69(6,7)31-30-68(54,4)5)37-63(50)76-62(51)36-48(57)45-28-29-46-49-32-53-47(44-22-16-17-23-52(44)70(53,8)9)35-59(49)75-60-39-61-58(38-56(60)71-64(45)65(46)75)73-66(40-18-12-10-13-19-40)74(61)43-20-14-11-15-21-43/h10-29,32-39,71-72H,30-31H2,1-9H3. The van der Waals surface area contributed by atoms with Gasteiger partial charge < -0.3 is 14.3 Å². The lowest BCUT2D eigenvalue weighted by atomic mass is 9.59. The molecule has 0 radical (unpaired) electrons. The molecule has 12 aromatic rings. The number of hydrogen-bond acceptors (Lipinski definition) is 3. The van der Waals surface area contributed by atoms with Crippen LogP contribution in [0.2, 0.25) is 0 Å².